The average molecular weight is 289 g/mol. The first-order chi connectivity index (χ1) is 8.49. The molecular weight excluding hydrogens is 279 g/mol. The second kappa shape index (κ2) is 5.26. The van der Waals surface area contributed by atoms with Gasteiger partial charge in [0, 0.05) is 6.04 Å². The molecule has 1 unspecified atom stereocenters. The van der Waals surface area contributed by atoms with Crippen molar-refractivity contribution in [1.29, 1.82) is 0 Å². The van der Waals surface area contributed by atoms with Crippen LogP contribution in [0.5, 0.6) is 0 Å². The van der Waals surface area contributed by atoms with Gasteiger partial charge in [0.05, 0.1) is 17.7 Å². The van der Waals surface area contributed by atoms with Crippen LogP contribution in [0, 0.1) is 5.82 Å². The normalized spacial score (nSPS) is 14.3. The van der Waals surface area contributed by atoms with Crippen LogP contribution in [-0.4, -0.2) is 12.2 Å². The SMILES string of the molecule is CC(CC(F)(F)F)Nc1ccc(C(F)(F)F)cc1F. The molecule has 0 aliphatic carbocycles. The van der Waals surface area contributed by atoms with Crippen LogP contribution in [0.25, 0.3) is 0 Å². The van der Waals surface area contributed by atoms with E-state index in [9.17, 15) is 30.7 Å². The summed E-state index contributed by atoms with van der Waals surface area (Å²) in [4.78, 5) is 0. The number of benzene rings is 1. The van der Waals surface area contributed by atoms with Gasteiger partial charge in [-0.3, -0.25) is 0 Å². The van der Waals surface area contributed by atoms with Crippen LogP contribution >= 0.6 is 0 Å². The fourth-order valence-electron chi connectivity index (χ4n) is 1.47. The van der Waals surface area contributed by atoms with Crippen molar-refractivity contribution in [2.75, 3.05) is 5.32 Å². The molecule has 1 nitrogen and oxygen atoms in total. The Morgan fingerprint density at radius 2 is 1.68 bits per heavy atom. The van der Waals surface area contributed by atoms with E-state index in [2.05, 4.69) is 5.32 Å². The predicted molar refractivity (Wildman–Crippen MR) is 55.2 cm³/mol. The summed E-state index contributed by atoms with van der Waals surface area (Å²) in [5, 5.41) is 2.18. The van der Waals surface area contributed by atoms with Crippen molar-refractivity contribution in [1.82, 2.24) is 0 Å². The Labute approximate surface area is 104 Å². The van der Waals surface area contributed by atoms with Gasteiger partial charge in [0.25, 0.3) is 0 Å². The monoisotopic (exact) mass is 289 g/mol. The van der Waals surface area contributed by atoms with Gasteiger partial charge >= 0.3 is 12.4 Å². The maximum absolute atomic E-state index is 13.3. The average Bonchev–Trinajstić information content (AvgIpc) is 2.16. The second-order valence-electron chi connectivity index (χ2n) is 4.06. The Balaban J connectivity index is 2.81. The molecule has 1 rings (SSSR count). The quantitative estimate of drug-likeness (QED) is 0.802. The van der Waals surface area contributed by atoms with E-state index >= 15 is 0 Å². The Bertz CT molecular complexity index is 436. The molecule has 19 heavy (non-hydrogen) atoms. The van der Waals surface area contributed by atoms with Gasteiger partial charge in [-0.1, -0.05) is 0 Å². The zero-order valence-electron chi connectivity index (χ0n) is 9.66. The number of alkyl halides is 6. The van der Waals surface area contributed by atoms with E-state index in [1.165, 1.54) is 0 Å². The van der Waals surface area contributed by atoms with E-state index in [4.69, 9.17) is 0 Å². The van der Waals surface area contributed by atoms with Crippen molar-refractivity contribution < 1.29 is 30.7 Å². The lowest BCUT2D eigenvalue weighted by Gasteiger charge is -2.18. The zero-order chi connectivity index (χ0) is 14.8. The third-order valence-electron chi connectivity index (χ3n) is 2.24. The molecule has 0 amide bonds. The van der Waals surface area contributed by atoms with Gasteiger partial charge in [0.15, 0.2) is 0 Å². The molecule has 1 aromatic rings. The van der Waals surface area contributed by atoms with E-state index < -0.39 is 41.9 Å². The Hall–Kier alpha value is -1.47. The first-order valence-corrected chi connectivity index (χ1v) is 5.19. The van der Waals surface area contributed by atoms with E-state index in [1.54, 1.807) is 0 Å². The second-order valence-corrected chi connectivity index (χ2v) is 4.06. The minimum atomic E-state index is -4.70. The molecule has 0 fully saturated rings. The van der Waals surface area contributed by atoms with Crippen LogP contribution in [-0.2, 0) is 6.18 Å². The van der Waals surface area contributed by atoms with E-state index in [1.807, 2.05) is 0 Å². The minimum Gasteiger partial charge on any atom is -0.380 e. The molecule has 0 saturated carbocycles. The summed E-state index contributed by atoms with van der Waals surface area (Å²) in [7, 11) is 0. The minimum absolute atomic E-state index is 0.239. The molecule has 1 atom stereocenters. The predicted octanol–water partition coefficient (Wildman–Crippen LogP) is 4.60. The number of halogens is 7. The fraction of sp³-hybridized carbons (Fsp3) is 0.455. The molecule has 0 radical (unpaired) electrons. The summed E-state index contributed by atoms with van der Waals surface area (Å²) in [6.07, 6.45) is -10.3. The van der Waals surface area contributed by atoms with Gasteiger partial charge in [-0.25, -0.2) is 4.39 Å². The van der Waals surface area contributed by atoms with Gasteiger partial charge in [0.2, 0.25) is 0 Å². The van der Waals surface area contributed by atoms with Crippen molar-refractivity contribution >= 4 is 5.69 Å². The molecule has 0 saturated heterocycles. The van der Waals surface area contributed by atoms with Crippen molar-refractivity contribution in [3.8, 4) is 0 Å². The molecule has 1 aromatic carbocycles. The Morgan fingerprint density at radius 1 is 1.11 bits per heavy atom. The highest BCUT2D eigenvalue weighted by atomic mass is 19.4. The molecule has 0 spiro atoms. The first kappa shape index (κ1) is 15.6. The third-order valence-corrected chi connectivity index (χ3v) is 2.24. The van der Waals surface area contributed by atoms with E-state index in [0.717, 1.165) is 13.0 Å². The first-order valence-electron chi connectivity index (χ1n) is 5.19. The van der Waals surface area contributed by atoms with Crippen molar-refractivity contribution in [3.05, 3.63) is 29.6 Å². The lowest BCUT2D eigenvalue weighted by molar-refractivity contribution is -0.138. The van der Waals surface area contributed by atoms with Crippen molar-refractivity contribution in [2.24, 2.45) is 0 Å². The molecule has 8 heteroatoms. The maximum atomic E-state index is 13.3. The largest absolute Gasteiger partial charge is 0.416 e. The van der Waals surface area contributed by atoms with Crippen LogP contribution in [0.15, 0.2) is 18.2 Å². The van der Waals surface area contributed by atoms with Crippen LogP contribution in [0.4, 0.5) is 36.4 Å². The summed E-state index contributed by atoms with van der Waals surface area (Å²) in [6, 6.07) is 0.464. The maximum Gasteiger partial charge on any atom is 0.416 e. The molecule has 0 heterocycles. The number of rotatable bonds is 3. The summed E-state index contributed by atoms with van der Waals surface area (Å²) in [6.45, 7) is 1.16. The van der Waals surface area contributed by atoms with Gasteiger partial charge in [-0.2, -0.15) is 26.3 Å². The van der Waals surface area contributed by atoms with Gasteiger partial charge in [0.1, 0.15) is 5.82 Å². The molecule has 108 valence electrons. The lowest BCUT2D eigenvalue weighted by Crippen LogP contribution is -2.24. The Kier molecular flexibility index (Phi) is 4.32. The molecule has 1 N–H and O–H groups in total. The van der Waals surface area contributed by atoms with Gasteiger partial charge in [-0.05, 0) is 25.1 Å². The highest BCUT2D eigenvalue weighted by molar-refractivity contribution is 5.47. The van der Waals surface area contributed by atoms with Crippen LogP contribution in [0.2, 0.25) is 0 Å². The number of anilines is 1. The highest BCUT2D eigenvalue weighted by Gasteiger charge is 2.32. The summed E-state index contributed by atoms with van der Waals surface area (Å²) >= 11 is 0. The molecular formula is C11H10F7N. The van der Waals surface area contributed by atoms with E-state index in [0.29, 0.717) is 6.07 Å². The van der Waals surface area contributed by atoms with Crippen molar-refractivity contribution in [2.45, 2.75) is 31.7 Å². The third kappa shape index (κ3) is 4.96. The molecule has 0 aliphatic rings. The molecule has 0 aromatic heterocycles. The summed E-state index contributed by atoms with van der Waals surface area (Å²) in [5.74, 6) is -1.25. The summed E-state index contributed by atoms with van der Waals surface area (Å²) in [5.41, 5.74) is -1.59. The number of hydrogen-bond donors (Lipinski definition) is 1. The lowest BCUT2D eigenvalue weighted by atomic mass is 10.1. The zero-order valence-corrected chi connectivity index (χ0v) is 9.66. The molecule has 0 aliphatic heterocycles. The van der Waals surface area contributed by atoms with Gasteiger partial charge < -0.3 is 5.32 Å². The summed E-state index contributed by atoms with van der Waals surface area (Å²) < 4.78 is 86.2. The topological polar surface area (TPSA) is 12.0 Å². The highest BCUT2D eigenvalue weighted by Crippen LogP contribution is 2.32. The standard InChI is InChI=1S/C11H10F7N/c1-6(5-10(13,14)15)19-9-3-2-7(4-8(9)12)11(16,17)18/h2-4,6,19H,5H2,1H3. The smallest absolute Gasteiger partial charge is 0.380 e. The Morgan fingerprint density at radius 3 is 2.11 bits per heavy atom. The molecule has 0 bridgehead atoms. The van der Waals surface area contributed by atoms with E-state index in [-0.39, 0.29) is 6.07 Å². The van der Waals surface area contributed by atoms with Crippen LogP contribution in [0.1, 0.15) is 18.9 Å². The number of nitrogens with one attached hydrogen (secondary N) is 1. The van der Waals surface area contributed by atoms with Gasteiger partial charge in [-0.15, -0.1) is 0 Å². The number of hydrogen-bond acceptors (Lipinski definition) is 1. The fourth-order valence-corrected chi connectivity index (χ4v) is 1.47. The van der Waals surface area contributed by atoms with Crippen LogP contribution < -0.4 is 5.32 Å². The van der Waals surface area contributed by atoms with Crippen LogP contribution in [0.3, 0.4) is 0 Å². The van der Waals surface area contributed by atoms with Crippen molar-refractivity contribution in [3.63, 3.8) is 0 Å².